The zero-order valence-corrected chi connectivity index (χ0v) is 35.5. The van der Waals surface area contributed by atoms with Gasteiger partial charge in [0.25, 0.3) is 0 Å². The van der Waals surface area contributed by atoms with Gasteiger partial charge < -0.3 is 28.4 Å². The van der Waals surface area contributed by atoms with Gasteiger partial charge in [-0.15, -0.1) is 0 Å². The maximum atomic E-state index is 13.3. The third kappa shape index (κ3) is 7.68. The highest BCUT2D eigenvalue weighted by Gasteiger charge is 2.37. The minimum absolute atomic E-state index is 0.0271. The van der Waals surface area contributed by atoms with Crippen molar-refractivity contribution in [1.82, 2.24) is 0 Å². The summed E-state index contributed by atoms with van der Waals surface area (Å²) in [4.78, 5) is 13.3. The molecule has 0 fully saturated rings. The molecule has 8 rings (SSSR count). The highest BCUT2D eigenvalue weighted by Crippen LogP contribution is 2.43. The van der Waals surface area contributed by atoms with E-state index in [4.69, 9.17) is 28.4 Å². The first-order chi connectivity index (χ1) is 27.7. The van der Waals surface area contributed by atoms with Crippen LogP contribution in [-0.2, 0) is 15.3 Å². The number of halogens is 2. The van der Waals surface area contributed by atoms with E-state index in [1.165, 1.54) is 0 Å². The van der Waals surface area contributed by atoms with Gasteiger partial charge in [0.2, 0.25) is 5.79 Å². The van der Waals surface area contributed by atoms with E-state index in [0.717, 1.165) is 80.4 Å². The van der Waals surface area contributed by atoms with Gasteiger partial charge in [-0.05, 0) is 124 Å². The average molecular weight is 889 g/mol. The number of hydrogen-bond acceptors (Lipinski definition) is 7. The Kier molecular flexibility index (Phi) is 11.8. The average Bonchev–Trinajstić information content (AvgIpc) is 3.25. The Hall–Kier alpha value is -5.45. The van der Waals surface area contributed by atoms with E-state index in [-0.39, 0.29) is 5.78 Å². The smallest absolute Gasteiger partial charge is 0.222 e. The molecule has 7 nitrogen and oxygen atoms in total. The zero-order chi connectivity index (χ0) is 40.3. The Bertz CT molecular complexity index is 2780. The third-order valence-electron chi connectivity index (χ3n) is 10.2. The van der Waals surface area contributed by atoms with Crippen LogP contribution in [0, 0.1) is 0 Å². The second kappa shape index (κ2) is 17.0. The molecule has 0 unspecified atom stereocenters. The topological polar surface area (TPSA) is 72.5 Å². The van der Waals surface area contributed by atoms with Gasteiger partial charge in [-0.25, -0.2) is 0 Å². The number of methoxy groups -OCH3 is 6. The Morgan fingerprint density at radius 2 is 0.965 bits per heavy atom. The molecule has 0 aliphatic rings. The molecule has 9 heteroatoms. The van der Waals surface area contributed by atoms with Gasteiger partial charge in [0, 0.05) is 61.6 Å². The van der Waals surface area contributed by atoms with Crippen molar-refractivity contribution >= 4 is 80.7 Å². The van der Waals surface area contributed by atoms with Gasteiger partial charge in [0.1, 0.15) is 23.0 Å². The van der Waals surface area contributed by atoms with Crippen molar-refractivity contribution in [2.75, 3.05) is 42.7 Å². The summed E-state index contributed by atoms with van der Waals surface area (Å²) in [6.45, 7) is 0. The predicted molar refractivity (Wildman–Crippen MR) is 236 cm³/mol. The van der Waals surface area contributed by atoms with Crippen molar-refractivity contribution in [2.24, 2.45) is 0 Å². The lowest BCUT2D eigenvalue weighted by atomic mass is 9.90. The van der Waals surface area contributed by atoms with Gasteiger partial charge in [0.05, 0.1) is 28.4 Å². The normalized spacial score (nSPS) is 11.4. The van der Waals surface area contributed by atoms with Crippen molar-refractivity contribution in [3.8, 4) is 23.0 Å². The number of ether oxygens (including phenoxy) is 6. The van der Waals surface area contributed by atoms with E-state index in [1.807, 2.05) is 109 Å². The van der Waals surface area contributed by atoms with Gasteiger partial charge >= 0.3 is 0 Å². The summed E-state index contributed by atoms with van der Waals surface area (Å²) >= 11 is 7.02. The molecule has 0 spiro atoms. The molecule has 0 aliphatic carbocycles. The van der Waals surface area contributed by atoms with Crippen LogP contribution in [0.1, 0.15) is 27.0 Å². The van der Waals surface area contributed by atoms with Gasteiger partial charge in [-0.1, -0.05) is 68.3 Å². The molecule has 0 aromatic heterocycles. The summed E-state index contributed by atoms with van der Waals surface area (Å²) in [7, 11) is 9.88. The Labute approximate surface area is 348 Å². The molecule has 0 N–H and O–H groups in total. The van der Waals surface area contributed by atoms with E-state index in [1.54, 1.807) is 42.7 Å². The van der Waals surface area contributed by atoms with Crippen LogP contribution in [0.2, 0.25) is 0 Å². The maximum absolute atomic E-state index is 13.3. The molecule has 0 bridgehead atoms. The minimum Gasteiger partial charge on any atom is -0.497 e. The number of carbonyl (C=O) groups excluding carboxylic acids is 1. The van der Waals surface area contributed by atoms with Crippen LogP contribution in [0.5, 0.6) is 23.0 Å². The van der Waals surface area contributed by atoms with Crippen LogP contribution in [0.25, 0.3) is 43.1 Å². The van der Waals surface area contributed by atoms with Gasteiger partial charge in [-0.2, -0.15) is 0 Å². The van der Waals surface area contributed by atoms with Crippen LogP contribution < -0.4 is 18.9 Å². The maximum Gasteiger partial charge on any atom is 0.222 e. The summed E-state index contributed by atoms with van der Waals surface area (Å²) in [5.41, 5.74) is 3.05. The fourth-order valence-electron chi connectivity index (χ4n) is 7.32. The van der Waals surface area contributed by atoms with Gasteiger partial charge in [0.15, 0.2) is 5.78 Å². The lowest BCUT2D eigenvalue weighted by Crippen LogP contribution is -2.32. The van der Waals surface area contributed by atoms with E-state index >= 15 is 0 Å². The van der Waals surface area contributed by atoms with E-state index < -0.39 is 5.79 Å². The molecule has 0 saturated heterocycles. The number of benzene rings is 8. The van der Waals surface area contributed by atoms with E-state index in [0.29, 0.717) is 16.9 Å². The molecule has 0 aliphatic heterocycles. The van der Waals surface area contributed by atoms with Crippen LogP contribution >= 0.6 is 31.9 Å². The lowest BCUT2D eigenvalue weighted by molar-refractivity contribution is -0.182. The molecular weight excluding hydrogens is 848 g/mol. The largest absolute Gasteiger partial charge is 0.497 e. The zero-order valence-electron chi connectivity index (χ0n) is 32.3. The number of rotatable bonds is 10. The number of ketones is 1. The summed E-state index contributed by atoms with van der Waals surface area (Å²) in [6.07, 6.45) is 0. The van der Waals surface area contributed by atoms with E-state index in [2.05, 4.69) is 56.1 Å². The Balaban J connectivity index is 0.000000175. The fraction of sp³-hybridized carbons (Fsp3) is 0.146. The second-order valence-corrected chi connectivity index (χ2v) is 15.1. The van der Waals surface area contributed by atoms with Gasteiger partial charge in [-0.3, -0.25) is 4.79 Å². The summed E-state index contributed by atoms with van der Waals surface area (Å²) in [6, 6.07) is 43.3. The fourth-order valence-corrected chi connectivity index (χ4v) is 8.08. The summed E-state index contributed by atoms with van der Waals surface area (Å²) in [5, 5.41) is 7.94. The van der Waals surface area contributed by atoms with Crippen molar-refractivity contribution < 1.29 is 33.2 Å². The quantitative estimate of drug-likeness (QED) is 0.100. The molecule has 0 heterocycles. The molecule has 0 amide bonds. The van der Waals surface area contributed by atoms with Crippen molar-refractivity contribution in [2.45, 2.75) is 5.79 Å². The highest BCUT2D eigenvalue weighted by molar-refractivity contribution is 9.10. The monoisotopic (exact) mass is 886 g/mol. The van der Waals surface area contributed by atoms with Crippen LogP contribution in [0.4, 0.5) is 0 Å². The number of fused-ring (bicyclic) bond motifs is 4. The van der Waals surface area contributed by atoms with Crippen molar-refractivity contribution in [1.29, 1.82) is 0 Å². The van der Waals surface area contributed by atoms with Crippen molar-refractivity contribution in [3.63, 3.8) is 0 Å². The molecule has 8 aromatic rings. The molecule has 288 valence electrons. The summed E-state index contributed by atoms with van der Waals surface area (Å²) < 4.78 is 36.1. The van der Waals surface area contributed by atoms with Crippen LogP contribution in [-0.4, -0.2) is 48.4 Å². The molecular formula is C48H40Br2O7. The Morgan fingerprint density at radius 3 is 1.54 bits per heavy atom. The molecule has 0 radical (unpaired) electrons. The molecule has 0 atom stereocenters. The van der Waals surface area contributed by atoms with Crippen LogP contribution in [0.3, 0.4) is 0 Å². The van der Waals surface area contributed by atoms with Crippen LogP contribution in [0.15, 0.2) is 142 Å². The van der Waals surface area contributed by atoms with E-state index in [9.17, 15) is 4.79 Å². The molecule has 57 heavy (non-hydrogen) atoms. The minimum atomic E-state index is -1.10. The standard InChI is InChI=1S/C25H23BrO4.C23H17BrO3/c1-27-20-9-10-21-22(15-20)23(11-12-24(21)28-2)25(29-3,30-4)18-7-5-17-14-19(26)8-6-16(17)13-18;1-26-18-7-8-19-21(13-18)20(9-10-22(19)27-2)23(25)16-4-3-15-12-17(24)6-5-14(15)11-16/h5-15H,1-4H3;3-13H,1-2H3. The second-order valence-electron chi connectivity index (χ2n) is 13.2. The first kappa shape index (κ1) is 39.8. The lowest BCUT2D eigenvalue weighted by Gasteiger charge is -2.33. The Morgan fingerprint density at radius 1 is 0.456 bits per heavy atom. The first-order valence-corrected chi connectivity index (χ1v) is 19.6. The molecule has 0 saturated carbocycles. The third-order valence-corrected chi connectivity index (χ3v) is 11.2. The first-order valence-electron chi connectivity index (χ1n) is 18.0. The SMILES string of the molecule is COc1ccc2c(OC)ccc(C(=O)c3ccc4cc(Br)ccc4c3)c2c1.COc1ccc2c(OC)ccc(C(OC)(OC)c3ccc4cc(Br)ccc4c3)c2c1. The number of carbonyl (C=O) groups is 1. The predicted octanol–water partition coefficient (Wildman–Crippen LogP) is 12.3. The highest BCUT2D eigenvalue weighted by atomic mass is 79.9. The number of hydrogen-bond donors (Lipinski definition) is 0. The molecule has 8 aromatic carbocycles. The summed E-state index contributed by atoms with van der Waals surface area (Å²) in [5.74, 6) is 1.84. The van der Waals surface area contributed by atoms with Crippen molar-refractivity contribution in [3.05, 3.63) is 165 Å².